The lowest BCUT2D eigenvalue weighted by Gasteiger charge is -2.12. The van der Waals surface area contributed by atoms with E-state index in [0.29, 0.717) is 10.0 Å². The van der Waals surface area contributed by atoms with E-state index in [4.69, 9.17) is 33.7 Å². The molecule has 0 heterocycles. The molecule has 0 aliphatic rings. The second kappa shape index (κ2) is 8.27. The lowest BCUT2D eigenvalue weighted by Crippen LogP contribution is -1.93. The molecule has 2 aromatic rings. The van der Waals surface area contributed by atoms with Crippen molar-refractivity contribution in [2.24, 2.45) is 0 Å². The second-order valence-electron chi connectivity index (χ2n) is 5.28. The Morgan fingerprint density at radius 3 is 2.50 bits per heavy atom. The maximum absolute atomic E-state index is 8.95. The van der Waals surface area contributed by atoms with Crippen molar-refractivity contribution in [1.29, 1.82) is 10.5 Å². The van der Waals surface area contributed by atoms with Crippen molar-refractivity contribution >= 4 is 41.0 Å². The molecule has 0 radical (unpaired) electrons. The summed E-state index contributed by atoms with van der Waals surface area (Å²) in [6.45, 7) is 3.99. The van der Waals surface area contributed by atoms with Crippen LogP contribution in [0, 0.1) is 36.5 Å². The number of thioether (sulfide) groups is 1. The lowest BCUT2D eigenvalue weighted by atomic mass is 9.98. The fourth-order valence-corrected chi connectivity index (χ4v) is 3.80. The van der Waals surface area contributed by atoms with Gasteiger partial charge in [0.05, 0.1) is 5.02 Å². The fourth-order valence-electron chi connectivity index (χ4n) is 2.25. The maximum Gasteiger partial charge on any atom is 0.130 e. The molecule has 0 aromatic heterocycles. The van der Waals surface area contributed by atoms with Crippen molar-refractivity contribution < 1.29 is 0 Å². The maximum atomic E-state index is 8.95. The summed E-state index contributed by atoms with van der Waals surface area (Å²) in [5.74, 6) is 0.725. The quantitative estimate of drug-likeness (QED) is 0.464. The largest absolute Gasteiger partial charge is 0.192 e. The average molecular weight is 373 g/mol. The van der Waals surface area contributed by atoms with Gasteiger partial charge < -0.3 is 0 Å². The van der Waals surface area contributed by atoms with Crippen LogP contribution in [0.25, 0.3) is 6.08 Å². The SMILES string of the molecule is Cc1cc(C=C(C#N)C#N)c(C)c(CSc2cc(Cl)ccc2Cl)c1. The van der Waals surface area contributed by atoms with Crippen molar-refractivity contribution in [1.82, 2.24) is 0 Å². The average Bonchev–Trinajstić information content (AvgIpc) is 2.56. The number of hydrogen-bond donors (Lipinski definition) is 0. The monoisotopic (exact) mass is 372 g/mol. The first-order valence-electron chi connectivity index (χ1n) is 7.14. The van der Waals surface area contributed by atoms with E-state index in [2.05, 4.69) is 6.07 Å². The van der Waals surface area contributed by atoms with Crippen LogP contribution < -0.4 is 0 Å². The van der Waals surface area contributed by atoms with Crippen LogP contribution in [0.3, 0.4) is 0 Å². The van der Waals surface area contributed by atoms with Gasteiger partial charge in [-0.1, -0.05) is 40.9 Å². The van der Waals surface area contributed by atoms with E-state index in [1.807, 2.05) is 38.1 Å². The first-order chi connectivity index (χ1) is 11.4. The smallest absolute Gasteiger partial charge is 0.130 e. The number of benzene rings is 2. The van der Waals surface area contributed by atoms with Gasteiger partial charge in [-0.2, -0.15) is 10.5 Å². The highest BCUT2D eigenvalue weighted by molar-refractivity contribution is 7.98. The molecule has 0 saturated carbocycles. The number of rotatable bonds is 4. The third-order valence-electron chi connectivity index (χ3n) is 3.52. The number of aryl methyl sites for hydroxylation is 1. The molecule has 0 unspecified atom stereocenters. The second-order valence-corrected chi connectivity index (χ2v) is 7.14. The zero-order valence-corrected chi connectivity index (χ0v) is 15.6. The predicted octanol–water partition coefficient (Wildman–Crippen LogP) is 6.33. The molecular formula is C19H14Cl2N2S. The van der Waals surface area contributed by atoms with Crippen molar-refractivity contribution in [3.8, 4) is 12.1 Å². The molecule has 0 atom stereocenters. The Morgan fingerprint density at radius 1 is 1.12 bits per heavy atom. The molecule has 0 saturated heterocycles. The highest BCUT2D eigenvalue weighted by Gasteiger charge is 2.08. The minimum atomic E-state index is 0.0974. The molecule has 120 valence electrons. The molecule has 0 bridgehead atoms. The summed E-state index contributed by atoms with van der Waals surface area (Å²) in [5, 5.41) is 19.2. The van der Waals surface area contributed by atoms with E-state index in [9.17, 15) is 0 Å². The molecule has 2 aromatic carbocycles. The van der Waals surface area contributed by atoms with E-state index in [1.54, 1.807) is 30.0 Å². The zero-order valence-electron chi connectivity index (χ0n) is 13.2. The summed E-state index contributed by atoms with van der Waals surface area (Å²) in [6.07, 6.45) is 1.63. The molecule has 0 spiro atoms. The summed E-state index contributed by atoms with van der Waals surface area (Å²) in [7, 11) is 0. The van der Waals surface area contributed by atoms with Gasteiger partial charge in [0.25, 0.3) is 0 Å². The molecule has 0 aliphatic heterocycles. The Labute approximate surface area is 156 Å². The van der Waals surface area contributed by atoms with Crippen LogP contribution in [-0.2, 0) is 5.75 Å². The molecule has 2 rings (SSSR count). The highest BCUT2D eigenvalue weighted by atomic mass is 35.5. The Balaban J connectivity index is 2.33. The van der Waals surface area contributed by atoms with Gasteiger partial charge >= 0.3 is 0 Å². The Morgan fingerprint density at radius 2 is 1.83 bits per heavy atom. The van der Waals surface area contributed by atoms with Gasteiger partial charge in [-0.15, -0.1) is 11.8 Å². The molecular weight excluding hydrogens is 359 g/mol. The molecule has 0 N–H and O–H groups in total. The number of hydrogen-bond acceptors (Lipinski definition) is 3. The Kier molecular flexibility index (Phi) is 6.35. The summed E-state index contributed by atoms with van der Waals surface area (Å²) in [6, 6.07) is 13.3. The molecule has 0 aliphatic carbocycles. The van der Waals surface area contributed by atoms with E-state index >= 15 is 0 Å². The first kappa shape index (κ1) is 18.4. The first-order valence-corrected chi connectivity index (χ1v) is 8.88. The normalized spacial score (nSPS) is 9.92. The molecule has 2 nitrogen and oxygen atoms in total. The molecule has 0 amide bonds. The summed E-state index contributed by atoms with van der Waals surface area (Å²) >= 11 is 13.8. The third-order valence-corrected chi connectivity index (χ3v) is 5.30. The van der Waals surface area contributed by atoms with Gasteiger partial charge in [0.15, 0.2) is 0 Å². The predicted molar refractivity (Wildman–Crippen MR) is 101 cm³/mol. The van der Waals surface area contributed by atoms with Crippen LogP contribution in [0.15, 0.2) is 40.8 Å². The van der Waals surface area contributed by atoms with Gasteiger partial charge in [-0.3, -0.25) is 0 Å². The standard InChI is InChI=1S/C19H14Cl2N2S/c1-12-5-15(7-14(9-22)10-23)13(2)16(6-12)11-24-19-8-17(20)3-4-18(19)21/h3-8H,11H2,1-2H3. The van der Waals surface area contributed by atoms with Gasteiger partial charge in [0.1, 0.15) is 17.7 Å². The molecule has 24 heavy (non-hydrogen) atoms. The van der Waals surface area contributed by atoms with Crippen LogP contribution in [0.4, 0.5) is 0 Å². The van der Waals surface area contributed by atoms with Crippen LogP contribution in [-0.4, -0.2) is 0 Å². The lowest BCUT2D eigenvalue weighted by molar-refractivity contribution is 1.25. The van der Waals surface area contributed by atoms with E-state index < -0.39 is 0 Å². The highest BCUT2D eigenvalue weighted by Crippen LogP contribution is 2.33. The fraction of sp³-hybridized carbons (Fsp3) is 0.158. The van der Waals surface area contributed by atoms with Crippen LogP contribution >= 0.6 is 35.0 Å². The minimum absolute atomic E-state index is 0.0974. The Hall–Kier alpha value is -1.91. The van der Waals surface area contributed by atoms with Crippen LogP contribution in [0.1, 0.15) is 22.3 Å². The van der Waals surface area contributed by atoms with Crippen molar-refractivity contribution in [3.63, 3.8) is 0 Å². The summed E-state index contributed by atoms with van der Waals surface area (Å²) in [5.41, 5.74) is 4.25. The number of allylic oxidation sites excluding steroid dienone is 1. The number of nitriles is 2. The minimum Gasteiger partial charge on any atom is -0.192 e. The van der Waals surface area contributed by atoms with Gasteiger partial charge in [-0.25, -0.2) is 0 Å². The van der Waals surface area contributed by atoms with Crippen molar-refractivity contribution in [2.75, 3.05) is 0 Å². The Bertz CT molecular complexity index is 873. The zero-order chi connectivity index (χ0) is 17.7. The van der Waals surface area contributed by atoms with Crippen LogP contribution in [0.2, 0.25) is 10.0 Å². The van der Waals surface area contributed by atoms with Gasteiger partial charge in [0, 0.05) is 15.7 Å². The molecule has 5 heteroatoms. The van der Waals surface area contributed by atoms with E-state index in [1.165, 1.54) is 0 Å². The van der Waals surface area contributed by atoms with E-state index in [0.717, 1.165) is 32.9 Å². The molecule has 0 fully saturated rings. The summed E-state index contributed by atoms with van der Waals surface area (Å²) < 4.78 is 0. The van der Waals surface area contributed by atoms with Gasteiger partial charge in [0.2, 0.25) is 0 Å². The number of halogens is 2. The van der Waals surface area contributed by atoms with Crippen molar-refractivity contribution in [2.45, 2.75) is 24.5 Å². The topological polar surface area (TPSA) is 47.6 Å². The summed E-state index contributed by atoms with van der Waals surface area (Å²) in [4.78, 5) is 0.928. The van der Waals surface area contributed by atoms with Crippen LogP contribution in [0.5, 0.6) is 0 Å². The van der Waals surface area contributed by atoms with E-state index in [-0.39, 0.29) is 5.57 Å². The number of nitrogens with zero attached hydrogens (tertiary/aromatic N) is 2. The van der Waals surface area contributed by atoms with Gasteiger partial charge in [-0.05, 0) is 54.8 Å². The van der Waals surface area contributed by atoms with Crippen molar-refractivity contribution in [3.05, 3.63) is 68.2 Å². The third kappa shape index (κ3) is 4.56.